The van der Waals surface area contributed by atoms with E-state index in [-0.39, 0.29) is 30.2 Å². The zero-order chi connectivity index (χ0) is 19.8. The molecule has 0 bridgehead atoms. The lowest BCUT2D eigenvalue weighted by Crippen LogP contribution is -2.36. The predicted octanol–water partition coefficient (Wildman–Crippen LogP) is 2.93. The van der Waals surface area contributed by atoms with Gasteiger partial charge >= 0.3 is 0 Å². The fourth-order valence-corrected chi connectivity index (χ4v) is 2.79. The first-order chi connectivity index (χ1) is 12.9. The van der Waals surface area contributed by atoms with Gasteiger partial charge in [-0.2, -0.15) is 0 Å². The molecule has 0 aliphatic heterocycles. The molecule has 7 heteroatoms. The number of carbonyl (C=O) groups excluding carboxylic acids is 3. The molecule has 0 aromatic heterocycles. The molecular formula is C20H22IN3O3. The molecule has 2 aromatic carbocycles. The Kier molecular flexibility index (Phi) is 7.78. The maximum Gasteiger partial charge on any atom is 0.252 e. The minimum atomic E-state index is -0.277. The van der Waals surface area contributed by atoms with E-state index in [1.54, 1.807) is 24.3 Å². The van der Waals surface area contributed by atoms with Crippen LogP contribution in [0.2, 0.25) is 0 Å². The number of nitrogens with one attached hydrogen (secondary N) is 3. The summed E-state index contributed by atoms with van der Waals surface area (Å²) in [4.78, 5) is 35.7. The summed E-state index contributed by atoms with van der Waals surface area (Å²) >= 11 is 2.08. The van der Waals surface area contributed by atoms with Gasteiger partial charge in [-0.25, -0.2) is 0 Å². The van der Waals surface area contributed by atoms with Gasteiger partial charge < -0.3 is 16.0 Å². The van der Waals surface area contributed by atoms with Gasteiger partial charge in [0.15, 0.2) is 0 Å². The number of amides is 3. The second-order valence-corrected chi connectivity index (χ2v) is 7.44. The highest BCUT2D eigenvalue weighted by molar-refractivity contribution is 14.1. The predicted molar refractivity (Wildman–Crippen MR) is 113 cm³/mol. The minimum Gasteiger partial charge on any atom is -0.350 e. The van der Waals surface area contributed by atoms with E-state index in [9.17, 15) is 14.4 Å². The Hall–Kier alpha value is -2.42. The van der Waals surface area contributed by atoms with Crippen molar-refractivity contribution in [2.75, 3.05) is 11.9 Å². The summed E-state index contributed by atoms with van der Waals surface area (Å²) in [6.07, 6.45) is 0. The van der Waals surface area contributed by atoms with Gasteiger partial charge in [0.1, 0.15) is 0 Å². The monoisotopic (exact) mass is 479 g/mol. The standard InChI is InChI=1S/C20H22IN3O3/c1-13(2)19(26)24-15-9-7-14(8-10-15)11-22-18(25)12-23-20(27)16-5-3-4-6-17(16)21/h3-10,13H,11-12H2,1-2H3,(H,22,25)(H,23,27)(H,24,26). The number of anilines is 1. The van der Waals surface area contributed by atoms with Crippen molar-refractivity contribution in [1.82, 2.24) is 10.6 Å². The van der Waals surface area contributed by atoms with Crippen LogP contribution in [-0.2, 0) is 16.1 Å². The molecule has 142 valence electrons. The lowest BCUT2D eigenvalue weighted by molar-refractivity contribution is -0.120. The van der Waals surface area contributed by atoms with Crippen LogP contribution in [0.15, 0.2) is 48.5 Å². The Labute approximate surface area is 172 Å². The van der Waals surface area contributed by atoms with Crippen LogP contribution in [0.5, 0.6) is 0 Å². The van der Waals surface area contributed by atoms with Crippen molar-refractivity contribution in [2.24, 2.45) is 5.92 Å². The molecular weight excluding hydrogens is 457 g/mol. The van der Waals surface area contributed by atoms with Gasteiger partial charge in [-0.05, 0) is 52.4 Å². The second kappa shape index (κ2) is 10.1. The quantitative estimate of drug-likeness (QED) is 0.534. The molecule has 0 unspecified atom stereocenters. The number of halogens is 1. The molecule has 0 saturated carbocycles. The topological polar surface area (TPSA) is 87.3 Å². The summed E-state index contributed by atoms with van der Waals surface area (Å²) in [5.74, 6) is -0.676. The normalized spacial score (nSPS) is 10.4. The van der Waals surface area contributed by atoms with Crippen LogP contribution in [0.4, 0.5) is 5.69 Å². The Morgan fingerprint density at radius 3 is 2.26 bits per heavy atom. The maximum absolute atomic E-state index is 12.1. The van der Waals surface area contributed by atoms with Gasteiger partial charge in [0, 0.05) is 21.7 Å². The maximum atomic E-state index is 12.1. The highest BCUT2D eigenvalue weighted by atomic mass is 127. The zero-order valence-corrected chi connectivity index (χ0v) is 17.4. The summed E-state index contributed by atoms with van der Waals surface area (Å²) in [6, 6.07) is 14.4. The minimum absolute atomic E-state index is 0.0418. The summed E-state index contributed by atoms with van der Waals surface area (Å²) in [5, 5.41) is 8.18. The van der Waals surface area contributed by atoms with Crippen molar-refractivity contribution < 1.29 is 14.4 Å². The Balaban J connectivity index is 1.77. The van der Waals surface area contributed by atoms with E-state index < -0.39 is 0 Å². The van der Waals surface area contributed by atoms with Crippen molar-refractivity contribution in [2.45, 2.75) is 20.4 Å². The van der Waals surface area contributed by atoms with E-state index in [4.69, 9.17) is 0 Å². The lowest BCUT2D eigenvalue weighted by atomic mass is 10.1. The van der Waals surface area contributed by atoms with E-state index in [1.165, 1.54) is 0 Å². The van der Waals surface area contributed by atoms with Crippen LogP contribution in [0.25, 0.3) is 0 Å². The zero-order valence-electron chi connectivity index (χ0n) is 15.2. The third-order valence-corrected chi connectivity index (χ3v) is 4.70. The van der Waals surface area contributed by atoms with Crippen LogP contribution in [0.1, 0.15) is 29.8 Å². The number of rotatable bonds is 7. The molecule has 3 N–H and O–H groups in total. The van der Waals surface area contributed by atoms with Crippen molar-refractivity contribution >= 4 is 46.0 Å². The molecule has 3 amide bonds. The van der Waals surface area contributed by atoms with Gasteiger partial charge in [-0.15, -0.1) is 0 Å². The number of benzene rings is 2. The van der Waals surface area contributed by atoms with Crippen LogP contribution in [-0.4, -0.2) is 24.3 Å². The largest absolute Gasteiger partial charge is 0.350 e. The van der Waals surface area contributed by atoms with Crippen LogP contribution in [0, 0.1) is 9.49 Å². The molecule has 2 aromatic rings. The van der Waals surface area contributed by atoms with Crippen molar-refractivity contribution in [3.8, 4) is 0 Å². The Morgan fingerprint density at radius 1 is 0.963 bits per heavy atom. The van der Waals surface area contributed by atoms with E-state index in [1.807, 2.05) is 38.1 Å². The van der Waals surface area contributed by atoms with E-state index in [2.05, 4.69) is 38.5 Å². The third kappa shape index (κ3) is 6.67. The molecule has 0 fully saturated rings. The van der Waals surface area contributed by atoms with Crippen molar-refractivity contribution in [3.63, 3.8) is 0 Å². The van der Waals surface area contributed by atoms with Crippen LogP contribution >= 0.6 is 22.6 Å². The summed E-state index contributed by atoms with van der Waals surface area (Å²) in [5.41, 5.74) is 2.16. The number of hydrogen-bond donors (Lipinski definition) is 3. The van der Waals surface area contributed by atoms with Crippen LogP contribution < -0.4 is 16.0 Å². The second-order valence-electron chi connectivity index (χ2n) is 6.28. The first-order valence-corrected chi connectivity index (χ1v) is 9.64. The molecule has 0 radical (unpaired) electrons. The molecule has 0 aliphatic carbocycles. The average molecular weight is 479 g/mol. The Morgan fingerprint density at radius 2 is 1.63 bits per heavy atom. The molecule has 27 heavy (non-hydrogen) atoms. The van der Waals surface area contributed by atoms with Crippen molar-refractivity contribution in [1.29, 1.82) is 0 Å². The highest BCUT2D eigenvalue weighted by Crippen LogP contribution is 2.12. The van der Waals surface area contributed by atoms with Gasteiger partial charge in [0.25, 0.3) is 5.91 Å². The summed E-state index contributed by atoms with van der Waals surface area (Å²) in [7, 11) is 0. The van der Waals surface area contributed by atoms with Gasteiger partial charge in [-0.1, -0.05) is 38.1 Å². The fourth-order valence-electron chi connectivity index (χ4n) is 2.16. The van der Waals surface area contributed by atoms with Gasteiger partial charge in [-0.3, -0.25) is 14.4 Å². The van der Waals surface area contributed by atoms with E-state index >= 15 is 0 Å². The first kappa shape index (κ1) is 20.9. The highest BCUT2D eigenvalue weighted by Gasteiger charge is 2.11. The first-order valence-electron chi connectivity index (χ1n) is 8.56. The molecule has 0 aliphatic rings. The third-order valence-electron chi connectivity index (χ3n) is 3.76. The van der Waals surface area contributed by atoms with Crippen LogP contribution in [0.3, 0.4) is 0 Å². The Bertz CT molecular complexity index is 819. The lowest BCUT2D eigenvalue weighted by Gasteiger charge is -2.10. The molecule has 0 saturated heterocycles. The number of carbonyl (C=O) groups is 3. The molecule has 0 spiro atoms. The molecule has 2 rings (SSSR count). The van der Waals surface area contributed by atoms with Crippen molar-refractivity contribution in [3.05, 3.63) is 63.2 Å². The molecule has 6 nitrogen and oxygen atoms in total. The number of hydrogen-bond acceptors (Lipinski definition) is 3. The molecule has 0 heterocycles. The van der Waals surface area contributed by atoms with Gasteiger partial charge in [0.2, 0.25) is 11.8 Å². The SMILES string of the molecule is CC(C)C(=O)Nc1ccc(CNC(=O)CNC(=O)c2ccccc2I)cc1. The summed E-state index contributed by atoms with van der Waals surface area (Å²) < 4.78 is 0.831. The van der Waals surface area contributed by atoms with E-state index in [0.29, 0.717) is 17.8 Å². The average Bonchev–Trinajstić information content (AvgIpc) is 2.65. The van der Waals surface area contributed by atoms with E-state index in [0.717, 1.165) is 9.13 Å². The summed E-state index contributed by atoms with van der Waals surface area (Å²) in [6.45, 7) is 3.91. The fraction of sp³-hybridized carbons (Fsp3) is 0.250. The van der Waals surface area contributed by atoms with Gasteiger partial charge in [0.05, 0.1) is 12.1 Å². The molecule has 0 atom stereocenters. The smallest absolute Gasteiger partial charge is 0.252 e.